The van der Waals surface area contributed by atoms with Gasteiger partial charge in [-0.3, -0.25) is 0 Å². The van der Waals surface area contributed by atoms with Gasteiger partial charge in [-0.15, -0.1) is 0 Å². The SMILES string of the molecule is c1ccc2c(c1)Nc1ccccc1C1CNCC21. The van der Waals surface area contributed by atoms with E-state index < -0.39 is 0 Å². The van der Waals surface area contributed by atoms with Gasteiger partial charge in [0.1, 0.15) is 0 Å². The third kappa shape index (κ3) is 1.39. The molecule has 2 N–H and O–H groups in total. The Morgan fingerprint density at radius 1 is 0.722 bits per heavy atom. The molecule has 0 saturated carbocycles. The van der Waals surface area contributed by atoms with Gasteiger partial charge in [-0.05, 0) is 23.3 Å². The van der Waals surface area contributed by atoms with Crippen molar-refractivity contribution in [3.63, 3.8) is 0 Å². The molecule has 1 fully saturated rings. The van der Waals surface area contributed by atoms with Crippen molar-refractivity contribution in [2.75, 3.05) is 18.4 Å². The van der Waals surface area contributed by atoms with Crippen LogP contribution in [0.2, 0.25) is 0 Å². The van der Waals surface area contributed by atoms with E-state index in [1.54, 1.807) is 0 Å². The van der Waals surface area contributed by atoms with Gasteiger partial charge >= 0.3 is 0 Å². The minimum absolute atomic E-state index is 0.595. The first-order valence-corrected chi connectivity index (χ1v) is 6.59. The van der Waals surface area contributed by atoms with Crippen LogP contribution in [-0.4, -0.2) is 13.1 Å². The standard InChI is InChI=1S/C16H16N2/c1-3-7-15-11(5-1)13-9-17-10-14(13)12-6-2-4-8-16(12)18-15/h1-8,13-14,17-18H,9-10H2. The molecule has 18 heavy (non-hydrogen) atoms. The summed E-state index contributed by atoms with van der Waals surface area (Å²) in [6.45, 7) is 2.16. The molecule has 2 aliphatic rings. The molecule has 0 radical (unpaired) electrons. The number of benzene rings is 2. The molecule has 2 heteroatoms. The van der Waals surface area contributed by atoms with Crippen molar-refractivity contribution in [1.29, 1.82) is 0 Å². The molecular weight excluding hydrogens is 220 g/mol. The summed E-state index contributed by atoms with van der Waals surface area (Å²) in [5.41, 5.74) is 5.43. The second-order valence-electron chi connectivity index (χ2n) is 5.17. The Hall–Kier alpha value is -1.80. The molecule has 2 unspecified atom stereocenters. The fraction of sp³-hybridized carbons (Fsp3) is 0.250. The third-order valence-corrected chi connectivity index (χ3v) is 4.20. The smallest absolute Gasteiger partial charge is 0.0420 e. The number of nitrogens with one attached hydrogen (secondary N) is 2. The first-order chi connectivity index (χ1) is 8.93. The van der Waals surface area contributed by atoms with Crippen LogP contribution in [0, 0.1) is 0 Å². The molecule has 1 saturated heterocycles. The Morgan fingerprint density at radius 3 is 1.78 bits per heavy atom. The van der Waals surface area contributed by atoms with Crippen LogP contribution in [-0.2, 0) is 0 Å². The Labute approximate surface area is 107 Å². The van der Waals surface area contributed by atoms with Gasteiger partial charge < -0.3 is 10.6 Å². The third-order valence-electron chi connectivity index (χ3n) is 4.20. The molecule has 2 nitrogen and oxygen atoms in total. The van der Waals surface area contributed by atoms with Gasteiger partial charge in [0.15, 0.2) is 0 Å². The van der Waals surface area contributed by atoms with Crippen molar-refractivity contribution in [1.82, 2.24) is 5.32 Å². The maximum Gasteiger partial charge on any atom is 0.0420 e. The van der Waals surface area contributed by atoms with Gasteiger partial charge in [-0.25, -0.2) is 0 Å². The highest BCUT2D eigenvalue weighted by atomic mass is 15.0. The lowest BCUT2D eigenvalue weighted by atomic mass is 9.84. The second kappa shape index (κ2) is 3.85. The van der Waals surface area contributed by atoms with E-state index in [1.165, 1.54) is 22.5 Å². The van der Waals surface area contributed by atoms with E-state index in [0.29, 0.717) is 11.8 Å². The molecule has 0 aliphatic carbocycles. The van der Waals surface area contributed by atoms with Crippen LogP contribution in [0.5, 0.6) is 0 Å². The minimum atomic E-state index is 0.595. The van der Waals surface area contributed by atoms with Gasteiger partial charge in [0, 0.05) is 36.3 Å². The molecule has 2 heterocycles. The summed E-state index contributed by atoms with van der Waals surface area (Å²) >= 11 is 0. The molecule has 0 bridgehead atoms. The fourth-order valence-electron chi connectivity index (χ4n) is 3.35. The van der Waals surface area contributed by atoms with Crippen LogP contribution in [0.4, 0.5) is 11.4 Å². The zero-order chi connectivity index (χ0) is 11.9. The molecule has 2 aromatic rings. The highest BCUT2D eigenvalue weighted by Gasteiger charge is 2.34. The average molecular weight is 236 g/mol. The molecule has 4 rings (SSSR count). The number of hydrogen-bond acceptors (Lipinski definition) is 2. The van der Waals surface area contributed by atoms with E-state index in [2.05, 4.69) is 59.2 Å². The molecule has 90 valence electrons. The zero-order valence-corrected chi connectivity index (χ0v) is 10.2. The molecule has 0 amide bonds. The van der Waals surface area contributed by atoms with E-state index in [-0.39, 0.29) is 0 Å². The summed E-state index contributed by atoms with van der Waals surface area (Å²) in [5, 5.41) is 7.15. The first-order valence-electron chi connectivity index (χ1n) is 6.59. The number of fused-ring (bicyclic) bond motifs is 5. The van der Waals surface area contributed by atoms with Crippen molar-refractivity contribution in [3.05, 3.63) is 59.7 Å². The number of hydrogen-bond donors (Lipinski definition) is 2. The summed E-state index contributed by atoms with van der Waals surface area (Å²) in [5.74, 6) is 1.19. The van der Waals surface area contributed by atoms with Crippen molar-refractivity contribution in [3.8, 4) is 0 Å². The molecule has 0 spiro atoms. The largest absolute Gasteiger partial charge is 0.355 e. The predicted molar refractivity (Wildman–Crippen MR) is 74.5 cm³/mol. The lowest BCUT2D eigenvalue weighted by Gasteiger charge is -2.17. The van der Waals surface area contributed by atoms with Crippen LogP contribution in [0.1, 0.15) is 23.0 Å². The lowest BCUT2D eigenvalue weighted by molar-refractivity contribution is 0.675. The molecule has 0 aromatic heterocycles. The van der Waals surface area contributed by atoms with Crippen LogP contribution < -0.4 is 10.6 Å². The first kappa shape index (κ1) is 10.2. The van der Waals surface area contributed by atoms with Crippen LogP contribution in [0.15, 0.2) is 48.5 Å². The Bertz CT molecular complexity index is 540. The maximum absolute atomic E-state index is 3.60. The van der Waals surface area contributed by atoms with E-state index in [1.807, 2.05) is 0 Å². The Kier molecular flexibility index (Phi) is 2.17. The average Bonchev–Trinajstić information content (AvgIpc) is 2.84. The van der Waals surface area contributed by atoms with Gasteiger partial charge in [0.25, 0.3) is 0 Å². The molecule has 2 atom stereocenters. The monoisotopic (exact) mass is 236 g/mol. The normalized spacial score (nSPS) is 24.4. The quantitative estimate of drug-likeness (QED) is 0.734. The van der Waals surface area contributed by atoms with Crippen molar-refractivity contribution in [2.45, 2.75) is 11.8 Å². The summed E-state index contributed by atoms with van der Waals surface area (Å²) in [6.07, 6.45) is 0. The van der Waals surface area contributed by atoms with Crippen molar-refractivity contribution >= 4 is 11.4 Å². The Balaban J connectivity index is 1.95. The van der Waals surface area contributed by atoms with E-state index in [4.69, 9.17) is 0 Å². The summed E-state index contributed by atoms with van der Waals surface area (Å²) in [7, 11) is 0. The highest BCUT2D eigenvalue weighted by molar-refractivity contribution is 5.70. The van der Waals surface area contributed by atoms with Crippen LogP contribution in [0.25, 0.3) is 0 Å². The number of anilines is 2. The number of para-hydroxylation sites is 2. The van der Waals surface area contributed by atoms with Crippen molar-refractivity contribution < 1.29 is 0 Å². The zero-order valence-electron chi connectivity index (χ0n) is 10.2. The lowest BCUT2D eigenvalue weighted by Crippen LogP contribution is -2.09. The van der Waals surface area contributed by atoms with Gasteiger partial charge in [0.2, 0.25) is 0 Å². The molecule has 2 aromatic carbocycles. The highest BCUT2D eigenvalue weighted by Crippen LogP contribution is 2.45. The molecule has 2 aliphatic heterocycles. The van der Waals surface area contributed by atoms with E-state index in [0.717, 1.165) is 13.1 Å². The van der Waals surface area contributed by atoms with Crippen molar-refractivity contribution in [2.24, 2.45) is 0 Å². The van der Waals surface area contributed by atoms with E-state index >= 15 is 0 Å². The van der Waals surface area contributed by atoms with E-state index in [9.17, 15) is 0 Å². The minimum Gasteiger partial charge on any atom is -0.355 e. The van der Waals surface area contributed by atoms with Gasteiger partial charge in [-0.2, -0.15) is 0 Å². The Morgan fingerprint density at radius 2 is 1.22 bits per heavy atom. The fourth-order valence-corrected chi connectivity index (χ4v) is 3.35. The van der Waals surface area contributed by atoms with Crippen LogP contribution in [0.3, 0.4) is 0 Å². The number of rotatable bonds is 0. The predicted octanol–water partition coefficient (Wildman–Crippen LogP) is 3.21. The van der Waals surface area contributed by atoms with Crippen LogP contribution >= 0.6 is 0 Å². The topological polar surface area (TPSA) is 24.1 Å². The summed E-state index contributed by atoms with van der Waals surface area (Å²) < 4.78 is 0. The summed E-state index contributed by atoms with van der Waals surface area (Å²) in [6, 6.07) is 17.4. The summed E-state index contributed by atoms with van der Waals surface area (Å²) in [4.78, 5) is 0. The second-order valence-corrected chi connectivity index (χ2v) is 5.17. The van der Waals surface area contributed by atoms with Gasteiger partial charge in [-0.1, -0.05) is 36.4 Å². The maximum atomic E-state index is 3.60. The van der Waals surface area contributed by atoms with Gasteiger partial charge in [0.05, 0.1) is 0 Å². The molecular formula is C16H16N2.